The van der Waals surface area contributed by atoms with Crippen molar-refractivity contribution in [2.24, 2.45) is 0 Å². The summed E-state index contributed by atoms with van der Waals surface area (Å²) < 4.78 is 11.4. The Bertz CT molecular complexity index is 1070. The fraction of sp³-hybridized carbons (Fsp3) is 0.150. The van der Waals surface area contributed by atoms with Gasteiger partial charge in [0, 0.05) is 16.0 Å². The molecule has 1 unspecified atom stereocenters. The normalized spacial score (nSPS) is 12.2. The average molecular weight is 414 g/mol. The van der Waals surface area contributed by atoms with Gasteiger partial charge in [0.15, 0.2) is 0 Å². The fourth-order valence-corrected chi connectivity index (χ4v) is 3.37. The number of hydrogen-bond acceptors (Lipinski definition) is 6. The van der Waals surface area contributed by atoms with Gasteiger partial charge in [0.25, 0.3) is 5.22 Å². The molecule has 0 saturated heterocycles. The van der Waals surface area contributed by atoms with Gasteiger partial charge in [-0.2, -0.15) is 0 Å². The van der Waals surface area contributed by atoms with E-state index < -0.39 is 0 Å². The van der Waals surface area contributed by atoms with Crippen LogP contribution in [0.2, 0.25) is 5.02 Å². The van der Waals surface area contributed by atoms with E-state index in [9.17, 15) is 4.79 Å². The lowest BCUT2D eigenvalue weighted by Crippen LogP contribution is -2.27. The molecule has 142 valence electrons. The smallest absolute Gasteiger partial charge is 0.277 e. The zero-order chi connectivity index (χ0) is 19.5. The number of nitrogens with zero attached hydrogens (tertiary/aromatic N) is 2. The highest BCUT2D eigenvalue weighted by Gasteiger charge is 2.16. The van der Waals surface area contributed by atoms with Gasteiger partial charge < -0.3 is 14.2 Å². The van der Waals surface area contributed by atoms with Crippen LogP contribution >= 0.6 is 23.4 Å². The number of fused-ring (bicyclic) bond motifs is 1. The van der Waals surface area contributed by atoms with Crippen molar-refractivity contribution in [2.75, 3.05) is 5.75 Å². The molecule has 0 spiro atoms. The van der Waals surface area contributed by atoms with Crippen molar-refractivity contribution < 1.29 is 13.6 Å². The number of rotatable bonds is 6. The van der Waals surface area contributed by atoms with Gasteiger partial charge in [-0.05, 0) is 43.3 Å². The molecule has 2 heterocycles. The summed E-state index contributed by atoms with van der Waals surface area (Å²) in [4.78, 5) is 12.3. The van der Waals surface area contributed by atoms with Gasteiger partial charge in [-0.1, -0.05) is 41.6 Å². The van der Waals surface area contributed by atoms with E-state index in [1.165, 1.54) is 11.8 Å². The number of benzene rings is 2. The summed E-state index contributed by atoms with van der Waals surface area (Å²) in [5.74, 6) is 1.11. The first kappa shape index (κ1) is 18.6. The Morgan fingerprint density at radius 1 is 1.14 bits per heavy atom. The molecule has 0 saturated carbocycles. The van der Waals surface area contributed by atoms with Crippen LogP contribution in [-0.2, 0) is 4.79 Å². The molecule has 4 aromatic rings. The maximum atomic E-state index is 12.3. The van der Waals surface area contributed by atoms with Crippen molar-refractivity contribution in [3.63, 3.8) is 0 Å². The lowest BCUT2D eigenvalue weighted by molar-refractivity contribution is -0.119. The third-order valence-corrected chi connectivity index (χ3v) is 5.14. The zero-order valence-corrected chi connectivity index (χ0v) is 16.5. The van der Waals surface area contributed by atoms with E-state index in [1.807, 2.05) is 37.3 Å². The number of halogens is 1. The molecule has 0 fully saturated rings. The average Bonchev–Trinajstić information content (AvgIpc) is 3.34. The summed E-state index contributed by atoms with van der Waals surface area (Å²) in [7, 11) is 0. The van der Waals surface area contributed by atoms with Crippen molar-refractivity contribution in [1.29, 1.82) is 0 Å². The number of nitrogens with one attached hydrogen (secondary N) is 1. The number of carbonyl (C=O) groups excluding carboxylic acids is 1. The summed E-state index contributed by atoms with van der Waals surface area (Å²) in [5.41, 5.74) is 1.57. The van der Waals surface area contributed by atoms with Crippen molar-refractivity contribution in [3.8, 4) is 11.5 Å². The molecular formula is C20H16ClN3O3S. The molecular weight excluding hydrogens is 398 g/mol. The highest BCUT2D eigenvalue weighted by molar-refractivity contribution is 7.99. The Balaban J connectivity index is 1.33. The highest BCUT2D eigenvalue weighted by Crippen LogP contribution is 2.25. The molecule has 0 radical (unpaired) electrons. The Morgan fingerprint density at radius 2 is 1.93 bits per heavy atom. The van der Waals surface area contributed by atoms with E-state index in [2.05, 4.69) is 15.5 Å². The highest BCUT2D eigenvalue weighted by atomic mass is 35.5. The van der Waals surface area contributed by atoms with Crippen LogP contribution in [0.5, 0.6) is 0 Å². The molecule has 1 amide bonds. The standard InChI is InChI=1S/C20H16ClN3O3S/c1-12(17-10-14-4-2-3-5-16(14)26-17)22-18(25)11-28-20-24-23-19(27-20)13-6-8-15(21)9-7-13/h2-10,12H,11H2,1H3,(H,22,25). The first-order valence-corrected chi connectivity index (χ1v) is 9.95. The van der Waals surface area contributed by atoms with Gasteiger partial charge in [-0.15, -0.1) is 10.2 Å². The second-order valence-corrected chi connectivity index (χ2v) is 7.51. The predicted molar refractivity (Wildman–Crippen MR) is 108 cm³/mol. The predicted octanol–water partition coefficient (Wildman–Crippen LogP) is 5.11. The molecule has 28 heavy (non-hydrogen) atoms. The Kier molecular flexibility index (Phi) is 5.36. The molecule has 0 bridgehead atoms. The largest absolute Gasteiger partial charge is 0.459 e. The number of aromatic nitrogens is 2. The van der Waals surface area contributed by atoms with Crippen molar-refractivity contribution in [1.82, 2.24) is 15.5 Å². The molecule has 6 nitrogen and oxygen atoms in total. The molecule has 0 aliphatic heterocycles. The van der Waals surface area contributed by atoms with Gasteiger partial charge in [0.2, 0.25) is 11.8 Å². The number of hydrogen-bond donors (Lipinski definition) is 1. The molecule has 4 rings (SSSR count). The van der Waals surface area contributed by atoms with E-state index in [0.717, 1.165) is 16.5 Å². The minimum absolute atomic E-state index is 0.149. The van der Waals surface area contributed by atoms with Gasteiger partial charge in [-0.25, -0.2) is 0 Å². The molecule has 1 atom stereocenters. The quantitative estimate of drug-likeness (QED) is 0.442. The fourth-order valence-electron chi connectivity index (χ4n) is 2.67. The Morgan fingerprint density at radius 3 is 2.71 bits per heavy atom. The Labute approximate surface area is 170 Å². The summed E-state index contributed by atoms with van der Waals surface area (Å²) in [6.45, 7) is 1.88. The molecule has 0 aliphatic rings. The van der Waals surface area contributed by atoms with Crippen LogP contribution in [0, 0.1) is 0 Å². The van der Waals surface area contributed by atoms with E-state index in [0.29, 0.717) is 21.9 Å². The van der Waals surface area contributed by atoms with Crippen LogP contribution in [0.1, 0.15) is 18.7 Å². The minimum atomic E-state index is -0.243. The van der Waals surface area contributed by atoms with Crippen molar-refractivity contribution in [3.05, 3.63) is 65.4 Å². The van der Waals surface area contributed by atoms with Crippen molar-refractivity contribution in [2.45, 2.75) is 18.2 Å². The van der Waals surface area contributed by atoms with Crippen LogP contribution < -0.4 is 5.32 Å². The summed E-state index contributed by atoms with van der Waals surface area (Å²) in [6, 6.07) is 16.5. The lowest BCUT2D eigenvalue weighted by Gasteiger charge is -2.10. The summed E-state index contributed by atoms with van der Waals surface area (Å²) in [6.07, 6.45) is 0. The minimum Gasteiger partial charge on any atom is -0.459 e. The van der Waals surface area contributed by atoms with Gasteiger partial charge in [-0.3, -0.25) is 4.79 Å². The van der Waals surface area contributed by atoms with E-state index in [-0.39, 0.29) is 17.7 Å². The first-order chi connectivity index (χ1) is 13.6. The second kappa shape index (κ2) is 8.08. The molecule has 2 aromatic carbocycles. The summed E-state index contributed by atoms with van der Waals surface area (Å²) >= 11 is 7.06. The molecule has 1 N–H and O–H groups in total. The maximum Gasteiger partial charge on any atom is 0.277 e. The van der Waals surface area contributed by atoms with E-state index in [4.69, 9.17) is 20.4 Å². The zero-order valence-electron chi connectivity index (χ0n) is 14.9. The topological polar surface area (TPSA) is 81.2 Å². The van der Waals surface area contributed by atoms with Crippen LogP contribution in [0.15, 0.2) is 68.7 Å². The third-order valence-electron chi connectivity index (χ3n) is 4.07. The number of carbonyl (C=O) groups is 1. The van der Waals surface area contributed by atoms with Gasteiger partial charge in [0.05, 0.1) is 11.8 Å². The van der Waals surface area contributed by atoms with E-state index >= 15 is 0 Å². The maximum absolute atomic E-state index is 12.3. The first-order valence-electron chi connectivity index (χ1n) is 8.58. The summed E-state index contributed by atoms with van der Waals surface area (Å²) in [5, 5.41) is 12.9. The number of amides is 1. The second-order valence-electron chi connectivity index (χ2n) is 6.14. The monoisotopic (exact) mass is 413 g/mol. The Hall–Kier alpha value is -2.77. The van der Waals surface area contributed by atoms with Gasteiger partial charge in [0.1, 0.15) is 11.3 Å². The number of thioether (sulfide) groups is 1. The van der Waals surface area contributed by atoms with Crippen LogP contribution in [-0.4, -0.2) is 21.9 Å². The van der Waals surface area contributed by atoms with Crippen LogP contribution in [0.25, 0.3) is 22.4 Å². The van der Waals surface area contributed by atoms with Crippen LogP contribution in [0.3, 0.4) is 0 Å². The lowest BCUT2D eigenvalue weighted by atomic mass is 10.2. The third kappa shape index (κ3) is 4.21. The molecule has 0 aliphatic carbocycles. The molecule has 2 aromatic heterocycles. The van der Waals surface area contributed by atoms with E-state index in [1.54, 1.807) is 24.3 Å². The van der Waals surface area contributed by atoms with Gasteiger partial charge >= 0.3 is 0 Å². The SMILES string of the molecule is CC(NC(=O)CSc1nnc(-c2ccc(Cl)cc2)o1)c1cc2ccccc2o1. The molecule has 8 heteroatoms. The van der Waals surface area contributed by atoms with Crippen LogP contribution in [0.4, 0.5) is 0 Å². The number of para-hydroxylation sites is 1. The number of furan rings is 1. The van der Waals surface area contributed by atoms with Crippen molar-refractivity contribution >= 4 is 40.2 Å².